The van der Waals surface area contributed by atoms with Crippen molar-refractivity contribution >= 4 is 11.7 Å². The molecule has 0 aromatic carbocycles. The third-order valence-electron chi connectivity index (χ3n) is 2.81. The number of carbonyl (C=O) groups is 1. The van der Waals surface area contributed by atoms with Gasteiger partial charge in [0.2, 0.25) is 0 Å². The molecule has 0 aliphatic carbocycles. The number of nitrogens with one attached hydrogen (secondary N) is 2. The molecule has 0 bridgehead atoms. The number of hydrazine groups is 1. The lowest BCUT2D eigenvalue weighted by molar-refractivity contribution is 0.0995. The van der Waals surface area contributed by atoms with Crippen molar-refractivity contribution in [1.29, 1.82) is 0 Å². The van der Waals surface area contributed by atoms with Crippen LogP contribution in [0.5, 0.6) is 0 Å². The van der Waals surface area contributed by atoms with Gasteiger partial charge < -0.3 is 11.2 Å². The first-order chi connectivity index (χ1) is 7.50. The topological polar surface area (TPSA) is 80.0 Å². The molecule has 16 heavy (non-hydrogen) atoms. The highest BCUT2D eigenvalue weighted by Gasteiger charge is 2.25. The van der Waals surface area contributed by atoms with E-state index in [1.54, 1.807) is 6.07 Å². The predicted octanol–water partition coefficient (Wildman–Crippen LogP) is 1.30. The number of amides is 1. The van der Waals surface area contributed by atoms with E-state index in [2.05, 4.69) is 36.6 Å². The third kappa shape index (κ3) is 1.63. The van der Waals surface area contributed by atoms with Gasteiger partial charge in [0.15, 0.2) is 0 Å². The van der Waals surface area contributed by atoms with Crippen LogP contribution in [0, 0.1) is 0 Å². The molecule has 1 atom stereocenters. The maximum Gasteiger partial charge on any atom is 0.267 e. The zero-order valence-corrected chi connectivity index (χ0v) is 9.66. The summed E-state index contributed by atoms with van der Waals surface area (Å²) in [5.41, 5.74) is 13.9. The average Bonchev–Trinajstić information content (AvgIpc) is 2.59. The van der Waals surface area contributed by atoms with Gasteiger partial charge in [0, 0.05) is 5.56 Å². The van der Waals surface area contributed by atoms with E-state index in [0.717, 1.165) is 11.1 Å². The number of pyridine rings is 1. The van der Waals surface area contributed by atoms with E-state index in [1.165, 1.54) is 0 Å². The molecule has 1 amide bonds. The molecule has 1 aliphatic heterocycles. The summed E-state index contributed by atoms with van der Waals surface area (Å²) in [5, 5.41) is 0. The number of anilines is 1. The van der Waals surface area contributed by atoms with Crippen LogP contribution in [-0.2, 0) is 0 Å². The Morgan fingerprint density at radius 1 is 1.56 bits per heavy atom. The number of aromatic nitrogens is 1. The summed E-state index contributed by atoms with van der Waals surface area (Å²) in [4.78, 5) is 15.4. The Hall–Kier alpha value is -1.62. The SMILES string of the molecule is CC(C)c1cc(C(N)=O)nc2c1C(C)NN2. The summed E-state index contributed by atoms with van der Waals surface area (Å²) in [6.45, 7) is 6.23. The van der Waals surface area contributed by atoms with Gasteiger partial charge in [-0.05, 0) is 24.5 Å². The normalized spacial score (nSPS) is 18.4. The monoisotopic (exact) mass is 220 g/mol. The number of nitrogens with two attached hydrogens (primary N) is 1. The zero-order valence-electron chi connectivity index (χ0n) is 9.66. The summed E-state index contributed by atoms with van der Waals surface area (Å²) < 4.78 is 0. The molecular weight excluding hydrogens is 204 g/mol. The maximum atomic E-state index is 11.2. The Morgan fingerprint density at radius 3 is 2.81 bits per heavy atom. The van der Waals surface area contributed by atoms with Crippen LogP contribution in [0.3, 0.4) is 0 Å². The van der Waals surface area contributed by atoms with E-state index in [4.69, 9.17) is 5.73 Å². The van der Waals surface area contributed by atoms with E-state index in [1.807, 2.05) is 0 Å². The van der Waals surface area contributed by atoms with Gasteiger partial charge in [0.1, 0.15) is 11.5 Å². The molecule has 5 nitrogen and oxygen atoms in total. The lowest BCUT2D eigenvalue weighted by Gasteiger charge is -2.14. The fourth-order valence-electron chi connectivity index (χ4n) is 1.98. The van der Waals surface area contributed by atoms with Crippen LogP contribution < -0.4 is 16.6 Å². The fraction of sp³-hybridized carbons (Fsp3) is 0.455. The van der Waals surface area contributed by atoms with Gasteiger partial charge in [-0.25, -0.2) is 10.4 Å². The molecule has 0 spiro atoms. The van der Waals surface area contributed by atoms with Crippen molar-refractivity contribution in [1.82, 2.24) is 10.4 Å². The Bertz CT molecular complexity index is 442. The van der Waals surface area contributed by atoms with E-state index in [9.17, 15) is 4.79 Å². The van der Waals surface area contributed by atoms with Crippen molar-refractivity contribution in [3.8, 4) is 0 Å². The number of fused-ring (bicyclic) bond motifs is 1. The minimum atomic E-state index is -0.494. The van der Waals surface area contributed by atoms with E-state index in [0.29, 0.717) is 17.4 Å². The largest absolute Gasteiger partial charge is 0.364 e. The standard InChI is InChI=1S/C11H16N4O/c1-5(2)7-4-8(10(12)16)13-11-9(7)6(3)14-15-11/h4-6,14H,1-3H3,(H2,12,16)(H,13,15). The summed E-state index contributed by atoms with van der Waals surface area (Å²) >= 11 is 0. The maximum absolute atomic E-state index is 11.2. The molecule has 1 unspecified atom stereocenters. The second-order valence-electron chi connectivity index (χ2n) is 4.37. The van der Waals surface area contributed by atoms with E-state index >= 15 is 0 Å². The van der Waals surface area contributed by atoms with Crippen LogP contribution in [0.4, 0.5) is 5.82 Å². The molecule has 4 N–H and O–H groups in total. The molecule has 2 heterocycles. The quantitative estimate of drug-likeness (QED) is 0.701. The average molecular weight is 220 g/mol. The smallest absolute Gasteiger partial charge is 0.267 e. The van der Waals surface area contributed by atoms with Crippen molar-refractivity contribution in [3.63, 3.8) is 0 Å². The molecule has 0 saturated heterocycles. The molecule has 1 aromatic heterocycles. The third-order valence-corrected chi connectivity index (χ3v) is 2.81. The van der Waals surface area contributed by atoms with Gasteiger partial charge in [-0.1, -0.05) is 13.8 Å². The molecule has 1 aromatic rings. The first-order valence-corrected chi connectivity index (χ1v) is 5.37. The Kier molecular flexibility index (Phi) is 2.55. The van der Waals surface area contributed by atoms with Crippen LogP contribution >= 0.6 is 0 Å². The minimum absolute atomic E-state index is 0.196. The first kappa shape index (κ1) is 10.9. The summed E-state index contributed by atoms with van der Waals surface area (Å²) in [6.07, 6.45) is 0. The second kappa shape index (κ2) is 3.75. The summed E-state index contributed by atoms with van der Waals surface area (Å²) in [6, 6.07) is 1.98. The molecule has 0 saturated carbocycles. The highest BCUT2D eigenvalue weighted by molar-refractivity contribution is 5.91. The number of carbonyl (C=O) groups excluding carboxylic acids is 1. The van der Waals surface area contributed by atoms with Crippen LogP contribution in [-0.4, -0.2) is 10.9 Å². The molecule has 0 fully saturated rings. The lowest BCUT2D eigenvalue weighted by Crippen LogP contribution is -2.16. The second-order valence-corrected chi connectivity index (χ2v) is 4.37. The highest BCUT2D eigenvalue weighted by atomic mass is 16.1. The number of nitrogens with zero attached hydrogens (tertiary/aromatic N) is 1. The van der Waals surface area contributed by atoms with Crippen LogP contribution in [0.15, 0.2) is 6.07 Å². The highest BCUT2D eigenvalue weighted by Crippen LogP contribution is 2.34. The molecule has 1 aliphatic rings. The molecule has 5 heteroatoms. The Balaban J connectivity index is 2.61. The molecular formula is C11H16N4O. The molecule has 86 valence electrons. The summed E-state index contributed by atoms with van der Waals surface area (Å²) in [7, 11) is 0. The van der Waals surface area contributed by atoms with Crippen LogP contribution in [0.2, 0.25) is 0 Å². The van der Waals surface area contributed by atoms with Gasteiger partial charge in [0.25, 0.3) is 5.91 Å². The fourth-order valence-corrected chi connectivity index (χ4v) is 1.98. The van der Waals surface area contributed by atoms with Crippen molar-refractivity contribution in [2.45, 2.75) is 32.7 Å². The van der Waals surface area contributed by atoms with Gasteiger partial charge in [-0.15, -0.1) is 0 Å². The van der Waals surface area contributed by atoms with Gasteiger partial charge in [-0.3, -0.25) is 4.79 Å². The number of primary amides is 1. The Labute approximate surface area is 94.4 Å². The number of hydrogen-bond acceptors (Lipinski definition) is 4. The summed E-state index contributed by atoms with van der Waals surface area (Å²) in [5.74, 6) is 0.553. The number of hydrogen-bond donors (Lipinski definition) is 3. The van der Waals surface area contributed by atoms with Gasteiger partial charge >= 0.3 is 0 Å². The number of rotatable bonds is 2. The van der Waals surface area contributed by atoms with E-state index in [-0.39, 0.29) is 6.04 Å². The first-order valence-electron chi connectivity index (χ1n) is 5.37. The molecule has 0 radical (unpaired) electrons. The Morgan fingerprint density at radius 2 is 2.25 bits per heavy atom. The van der Waals surface area contributed by atoms with Gasteiger partial charge in [-0.2, -0.15) is 0 Å². The van der Waals surface area contributed by atoms with Crippen LogP contribution in [0.1, 0.15) is 54.3 Å². The van der Waals surface area contributed by atoms with E-state index < -0.39 is 5.91 Å². The zero-order chi connectivity index (χ0) is 11.9. The van der Waals surface area contributed by atoms with Crippen molar-refractivity contribution in [2.75, 3.05) is 5.43 Å². The lowest BCUT2D eigenvalue weighted by atomic mass is 9.94. The van der Waals surface area contributed by atoms with Crippen molar-refractivity contribution in [3.05, 3.63) is 22.9 Å². The van der Waals surface area contributed by atoms with Crippen molar-refractivity contribution in [2.24, 2.45) is 5.73 Å². The predicted molar refractivity (Wildman–Crippen MR) is 62.0 cm³/mol. The van der Waals surface area contributed by atoms with Crippen molar-refractivity contribution < 1.29 is 4.79 Å². The molecule has 2 rings (SSSR count). The van der Waals surface area contributed by atoms with Gasteiger partial charge in [0.05, 0.1) is 6.04 Å². The van der Waals surface area contributed by atoms with Crippen LogP contribution in [0.25, 0.3) is 0 Å². The minimum Gasteiger partial charge on any atom is -0.364 e.